The molecule has 1 aromatic carbocycles. The summed E-state index contributed by atoms with van der Waals surface area (Å²) < 4.78 is 4.90. The maximum Gasteiger partial charge on any atom is 0.248 e. The van der Waals surface area contributed by atoms with Crippen molar-refractivity contribution in [3.05, 3.63) is 35.4 Å². The molecule has 1 heterocycles. The molecule has 0 spiro atoms. The van der Waals surface area contributed by atoms with E-state index in [1.165, 1.54) is 12.7 Å². The monoisotopic (exact) mass is 361 g/mol. The van der Waals surface area contributed by atoms with E-state index in [1.54, 1.807) is 4.90 Å². The number of nitrogens with one attached hydrogen (secondary N) is 1. The molecule has 0 saturated carbocycles. The Morgan fingerprint density at radius 2 is 1.73 bits per heavy atom. The molecule has 0 radical (unpaired) electrons. The fourth-order valence-electron chi connectivity index (χ4n) is 3.20. The van der Waals surface area contributed by atoms with Gasteiger partial charge in [0.2, 0.25) is 11.8 Å². The Hall–Kier alpha value is -1.92. The molecule has 1 N–H and O–H groups in total. The summed E-state index contributed by atoms with van der Waals surface area (Å²) in [4.78, 5) is 28.4. The largest absolute Gasteiger partial charge is 0.375 e. The number of carbonyl (C=O) groups is 2. The van der Waals surface area contributed by atoms with Crippen LogP contribution in [0.15, 0.2) is 24.3 Å². The Morgan fingerprint density at radius 3 is 2.27 bits per heavy atom. The Morgan fingerprint density at radius 1 is 1.12 bits per heavy atom. The van der Waals surface area contributed by atoms with Gasteiger partial charge in [-0.15, -0.1) is 0 Å². The van der Waals surface area contributed by atoms with E-state index in [2.05, 4.69) is 41.4 Å². The van der Waals surface area contributed by atoms with E-state index in [9.17, 15) is 9.59 Å². The molecule has 2 amide bonds. The number of hydrogen-bond donors (Lipinski definition) is 1. The minimum absolute atomic E-state index is 0.00778. The second-order valence-electron chi connectivity index (χ2n) is 6.85. The van der Waals surface area contributed by atoms with E-state index < -0.39 is 0 Å². The predicted octanol–water partition coefficient (Wildman–Crippen LogP) is 1.61. The average Bonchev–Trinajstić information content (AvgIpc) is 2.67. The molecule has 144 valence electrons. The molecular weight excluding hydrogens is 330 g/mol. The summed E-state index contributed by atoms with van der Waals surface area (Å²) in [7, 11) is 1.53. The van der Waals surface area contributed by atoms with Gasteiger partial charge in [0, 0.05) is 33.3 Å². The average molecular weight is 361 g/mol. The lowest BCUT2D eigenvalue weighted by atomic mass is 10.0. The number of nitrogens with zero attached hydrogens (tertiary/aromatic N) is 2. The van der Waals surface area contributed by atoms with Crippen molar-refractivity contribution in [1.29, 1.82) is 0 Å². The van der Waals surface area contributed by atoms with Crippen LogP contribution in [0, 0.1) is 0 Å². The molecular formula is C20H31N3O3. The zero-order valence-electron chi connectivity index (χ0n) is 16.3. The van der Waals surface area contributed by atoms with Crippen molar-refractivity contribution in [3.63, 3.8) is 0 Å². The third kappa shape index (κ3) is 5.29. The molecule has 26 heavy (non-hydrogen) atoms. The lowest BCUT2D eigenvalue weighted by Gasteiger charge is -2.37. The van der Waals surface area contributed by atoms with Crippen molar-refractivity contribution < 1.29 is 14.3 Å². The van der Waals surface area contributed by atoms with Gasteiger partial charge in [-0.05, 0) is 31.4 Å². The van der Waals surface area contributed by atoms with Crippen LogP contribution < -0.4 is 5.32 Å². The molecule has 0 aliphatic carbocycles. The summed E-state index contributed by atoms with van der Waals surface area (Å²) in [5.74, 6) is 0.0298. The Labute approximate surface area is 156 Å². The van der Waals surface area contributed by atoms with Crippen LogP contribution in [-0.4, -0.2) is 67.6 Å². The standard InChI is InChI=1S/C20H31N3O3/c1-5-17-6-8-18(9-7-17)15(2)21-20(25)16(3)22-10-12-23(13-11-22)19(24)14-26-4/h6-9,15-16H,5,10-14H2,1-4H3,(H,21,25). The number of rotatable bonds is 7. The van der Waals surface area contributed by atoms with Crippen LogP contribution in [-0.2, 0) is 20.7 Å². The fraction of sp³-hybridized carbons (Fsp3) is 0.600. The lowest BCUT2D eigenvalue weighted by molar-refractivity contribution is -0.137. The van der Waals surface area contributed by atoms with Gasteiger partial charge in [-0.1, -0.05) is 31.2 Å². The van der Waals surface area contributed by atoms with E-state index in [0.29, 0.717) is 26.2 Å². The molecule has 2 unspecified atom stereocenters. The van der Waals surface area contributed by atoms with E-state index in [0.717, 1.165) is 12.0 Å². The Kier molecular flexibility index (Phi) is 7.60. The van der Waals surface area contributed by atoms with E-state index in [1.807, 2.05) is 13.8 Å². The highest BCUT2D eigenvalue weighted by Crippen LogP contribution is 2.15. The summed E-state index contributed by atoms with van der Waals surface area (Å²) >= 11 is 0. The number of methoxy groups -OCH3 is 1. The van der Waals surface area contributed by atoms with Crippen molar-refractivity contribution in [3.8, 4) is 0 Å². The van der Waals surface area contributed by atoms with Crippen LogP contribution in [0.1, 0.15) is 37.9 Å². The van der Waals surface area contributed by atoms with Crippen molar-refractivity contribution >= 4 is 11.8 Å². The molecule has 1 aliphatic rings. The first-order chi connectivity index (χ1) is 12.5. The van der Waals surface area contributed by atoms with Crippen LogP contribution >= 0.6 is 0 Å². The number of carbonyl (C=O) groups excluding carboxylic acids is 2. The maximum absolute atomic E-state index is 12.6. The van der Waals surface area contributed by atoms with Gasteiger partial charge >= 0.3 is 0 Å². The van der Waals surface area contributed by atoms with Gasteiger partial charge in [-0.2, -0.15) is 0 Å². The summed E-state index contributed by atoms with van der Waals surface area (Å²) in [6.45, 7) is 8.84. The van der Waals surface area contributed by atoms with E-state index in [-0.39, 0.29) is 30.5 Å². The highest BCUT2D eigenvalue weighted by atomic mass is 16.5. The summed E-state index contributed by atoms with van der Waals surface area (Å²) in [6.07, 6.45) is 1.01. The summed E-state index contributed by atoms with van der Waals surface area (Å²) in [5.41, 5.74) is 2.40. The van der Waals surface area contributed by atoms with E-state index in [4.69, 9.17) is 4.74 Å². The summed E-state index contributed by atoms with van der Waals surface area (Å²) in [5, 5.41) is 3.10. The zero-order valence-corrected chi connectivity index (χ0v) is 16.3. The van der Waals surface area contributed by atoms with Crippen LogP contribution in [0.3, 0.4) is 0 Å². The highest BCUT2D eigenvalue weighted by molar-refractivity contribution is 5.82. The molecule has 0 bridgehead atoms. The van der Waals surface area contributed by atoms with Crippen molar-refractivity contribution in [1.82, 2.24) is 15.1 Å². The minimum atomic E-state index is -0.216. The number of ether oxygens (including phenoxy) is 1. The molecule has 6 heteroatoms. The van der Waals surface area contributed by atoms with Crippen LogP contribution in [0.5, 0.6) is 0 Å². The first kappa shape index (κ1) is 20.4. The van der Waals surface area contributed by atoms with Gasteiger partial charge in [0.05, 0.1) is 12.1 Å². The first-order valence-electron chi connectivity index (χ1n) is 9.36. The van der Waals surface area contributed by atoms with Crippen molar-refractivity contribution in [2.75, 3.05) is 39.9 Å². The lowest BCUT2D eigenvalue weighted by Crippen LogP contribution is -2.55. The van der Waals surface area contributed by atoms with Crippen molar-refractivity contribution in [2.45, 2.75) is 39.3 Å². The minimum Gasteiger partial charge on any atom is -0.375 e. The van der Waals surface area contributed by atoms with Gasteiger partial charge < -0.3 is 15.0 Å². The Bertz CT molecular complexity index is 595. The second kappa shape index (κ2) is 9.69. The summed E-state index contributed by atoms with van der Waals surface area (Å²) in [6, 6.07) is 8.13. The number of benzene rings is 1. The predicted molar refractivity (Wildman–Crippen MR) is 102 cm³/mol. The van der Waals surface area contributed by atoms with E-state index >= 15 is 0 Å². The van der Waals surface area contributed by atoms with Crippen LogP contribution in [0.25, 0.3) is 0 Å². The van der Waals surface area contributed by atoms with Crippen LogP contribution in [0.4, 0.5) is 0 Å². The van der Waals surface area contributed by atoms with Gasteiger partial charge in [-0.3, -0.25) is 14.5 Å². The first-order valence-corrected chi connectivity index (χ1v) is 9.36. The molecule has 1 saturated heterocycles. The van der Waals surface area contributed by atoms with Gasteiger partial charge in [0.25, 0.3) is 0 Å². The van der Waals surface area contributed by atoms with Crippen molar-refractivity contribution in [2.24, 2.45) is 0 Å². The number of aryl methyl sites for hydroxylation is 1. The molecule has 0 aromatic heterocycles. The molecule has 2 rings (SSSR count). The number of amides is 2. The topological polar surface area (TPSA) is 61.9 Å². The molecule has 6 nitrogen and oxygen atoms in total. The normalized spacial score (nSPS) is 17.6. The second-order valence-corrected chi connectivity index (χ2v) is 6.85. The quantitative estimate of drug-likeness (QED) is 0.801. The van der Waals surface area contributed by atoms with Gasteiger partial charge in [-0.25, -0.2) is 0 Å². The van der Waals surface area contributed by atoms with Crippen LogP contribution in [0.2, 0.25) is 0 Å². The van der Waals surface area contributed by atoms with Gasteiger partial charge in [0.15, 0.2) is 0 Å². The maximum atomic E-state index is 12.6. The third-order valence-corrected chi connectivity index (χ3v) is 5.11. The molecule has 1 aromatic rings. The highest BCUT2D eigenvalue weighted by Gasteiger charge is 2.28. The zero-order chi connectivity index (χ0) is 19.1. The molecule has 2 atom stereocenters. The van der Waals surface area contributed by atoms with Gasteiger partial charge in [0.1, 0.15) is 6.61 Å². The molecule has 1 aliphatic heterocycles. The number of piperazine rings is 1. The third-order valence-electron chi connectivity index (χ3n) is 5.11. The Balaban J connectivity index is 1.84. The number of hydrogen-bond acceptors (Lipinski definition) is 4. The molecule has 1 fully saturated rings. The fourth-order valence-corrected chi connectivity index (χ4v) is 3.20. The SMILES string of the molecule is CCc1ccc(C(C)NC(=O)C(C)N2CCN(C(=O)COC)CC2)cc1. The smallest absolute Gasteiger partial charge is 0.248 e.